The van der Waals surface area contributed by atoms with Gasteiger partial charge in [0.15, 0.2) is 9.84 Å². The Labute approximate surface area is 126 Å². The van der Waals surface area contributed by atoms with Crippen LogP contribution in [0.5, 0.6) is 0 Å². The van der Waals surface area contributed by atoms with Crippen LogP contribution in [0.4, 0.5) is 0 Å². The summed E-state index contributed by atoms with van der Waals surface area (Å²) in [4.78, 5) is 18.0. The van der Waals surface area contributed by atoms with E-state index in [9.17, 15) is 13.2 Å². The Morgan fingerprint density at radius 2 is 2.10 bits per heavy atom. The van der Waals surface area contributed by atoms with Gasteiger partial charge in [0, 0.05) is 31.7 Å². The normalized spacial score (nSPS) is 22.8. The molecule has 1 aromatic rings. The summed E-state index contributed by atoms with van der Waals surface area (Å²) in [6.45, 7) is 0. The Morgan fingerprint density at radius 1 is 1.38 bits per heavy atom. The van der Waals surface area contributed by atoms with E-state index in [-0.39, 0.29) is 18.4 Å². The van der Waals surface area contributed by atoms with Gasteiger partial charge in [0.1, 0.15) is 0 Å². The first kappa shape index (κ1) is 15.9. The fraction of sp³-hybridized carbons (Fsp3) is 0.600. The van der Waals surface area contributed by atoms with Crippen molar-refractivity contribution in [1.29, 1.82) is 0 Å². The average Bonchev–Trinajstić information content (AvgIpc) is 2.46. The van der Waals surface area contributed by atoms with Crippen molar-refractivity contribution in [2.45, 2.75) is 43.4 Å². The molecular weight excluding hydrogens is 288 g/mol. The highest BCUT2D eigenvalue weighted by Gasteiger charge is 2.36. The maximum atomic E-state index is 12.4. The number of likely N-dealkylation sites (N-methyl/N-ethyl adjacent to an activating group) is 1. The maximum Gasteiger partial charge on any atom is 0.227 e. The second-order valence-corrected chi connectivity index (χ2v) is 8.03. The van der Waals surface area contributed by atoms with Gasteiger partial charge in [-0.2, -0.15) is 0 Å². The number of hydrogen-bond donors (Lipinski definition) is 0. The van der Waals surface area contributed by atoms with Crippen LogP contribution in [0.3, 0.4) is 0 Å². The van der Waals surface area contributed by atoms with Crippen LogP contribution in [0.1, 0.15) is 31.2 Å². The van der Waals surface area contributed by atoms with Gasteiger partial charge >= 0.3 is 0 Å². The van der Waals surface area contributed by atoms with Crippen LogP contribution in [0.25, 0.3) is 0 Å². The van der Waals surface area contributed by atoms with E-state index in [1.807, 2.05) is 6.07 Å². The third-order valence-electron chi connectivity index (χ3n) is 4.19. The monoisotopic (exact) mass is 310 g/mol. The first-order chi connectivity index (χ1) is 9.89. The molecule has 0 radical (unpaired) electrons. The van der Waals surface area contributed by atoms with E-state index in [2.05, 4.69) is 4.98 Å². The molecule has 2 unspecified atom stereocenters. The fourth-order valence-corrected chi connectivity index (χ4v) is 4.49. The Balaban J connectivity index is 2.10. The van der Waals surface area contributed by atoms with Crippen LogP contribution in [0.15, 0.2) is 24.5 Å². The molecule has 0 N–H and O–H groups in total. The summed E-state index contributed by atoms with van der Waals surface area (Å²) in [5, 5.41) is -0.436. The van der Waals surface area contributed by atoms with Gasteiger partial charge in [-0.1, -0.05) is 18.9 Å². The molecule has 0 aromatic carbocycles. The molecule has 2 rings (SSSR count). The molecule has 1 saturated carbocycles. The van der Waals surface area contributed by atoms with Gasteiger partial charge in [-0.25, -0.2) is 8.42 Å². The highest BCUT2D eigenvalue weighted by atomic mass is 32.2. The van der Waals surface area contributed by atoms with Gasteiger partial charge in [0.2, 0.25) is 5.91 Å². The lowest BCUT2D eigenvalue weighted by atomic mass is 9.93. The van der Waals surface area contributed by atoms with Gasteiger partial charge in [-0.05, 0) is 24.5 Å². The van der Waals surface area contributed by atoms with Crippen molar-refractivity contribution >= 4 is 15.7 Å². The van der Waals surface area contributed by atoms with Crippen molar-refractivity contribution in [2.24, 2.45) is 0 Å². The number of sulfone groups is 1. The number of carbonyl (C=O) groups is 1. The Hall–Kier alpha value is -1.43. The van der Waals surface area contributed by atoms with E-state index in [1.165, 1.54) is 6.26 Å². The van der Waals surface area contributed by atoms with Crippen LogP contribution in [-0.2, 0) is 21.1 Å². The molecule has 2 atom stereocenters. The van der Waals surface area contributed by atoms with Crippen LogP contribution < -0.4 is 0 Å². The summed E-state index contributed by atoms with van der Waals surface area (Å²) in [6.07, 6.45) is 8.16. The van der Waals surface area contributed by atoms with E-state index < -0.39 is 15.1 Å². The molecule has 1 aliphatic carbocycles. The second kappa shape index (κ2) is 6.56. The quantitative estimate of drug-likeness (QED) is 0.844. The molecule has 1 aliphatic rings. The second-order valence-electron chi connectivity index (χ2n) is 5.76. The van der Waals surface area contributed by atoms with Crippen LogP contribution in [-0.4, -0.2) is 48.8 Å². The molecule has 1 amide bonds. The minimum absolute atomic E-state index is 0.0523. The van der Waals surface area contributed by atoms with Gasteiger partial charge in [-0.3, -0.25) is 9.78 Å². The number of aromatic nitrogens is 1. The highest BCUT2D eigenvalue weighted by Crippen LogP contribution is 2.27. The Bertz CT molecular complexity index is 586. The van der Waals surface area contributed by atoms with Gasteiger partial charge < -0.3 is 4.90 Å². The zero-order valence-electron chi connectivity index (χ0n) is 12.5. The SMILES string of the molecule is CN(C(=O)Cc1cccnc1)C1CCCCC1S(C)(=O)=O. The van der Waals surface area contributed by atoms with E-state index in [1.54, 1.807) is 30.4 Å². The van der Waals surface area contributed by atoms with Gasteiger partial charge in [0.05, 0.1) is 11.7 Å². The number of carbonyl (C=O) groups excluding carboxylic acids is 1. The molecule has 1 fully saturated rings. The molecule has 21 heavy (non-hydrogen) atoms. The summed E-state index contributed by atoms with van der Waals surface area (Å²) in [5.74, 6) is -0.0523. The van der Waals surface area contributed by atoms with Crippen molar-refractivity contribution in [3.63, 3.8) is 0 Å². The van der Waals surface area contributed by atoms with Crippen LogP contribution >= 0.6 is 0 Å². The van der Waals surface area contributed by atoms with Gasteiger partial charge in [0.25, 0.3) is 0 Å². The maximum absolute atomic E-state index is 12.4. The van der Waals surface area contributed by atoms with Crippen molar-refractivity contribution < 1.29 is 13.2 Å². The standard InChI is InChI=1S/C15H22N2O3S/c1-17(15(18)10-12-6-5-9-16-11-12)13-7-3-4-8-14(13)21(2,19)20/h5-6,9,11,13-14H,3-4,7-8,10H2,1-2H3. The summed E-state index contributed by atoms with van der Waals surface area (Å²) in [6, 6.07) is 3.44. The van der Waals surface area contributed by atoms with Gasteiger partial charge in [-0.15, -0.1) is 0 Å². The van der Waals surface area contributed by atoms with E-state index in [0.717, 1.165) is 24.8 Å². The van der Waals surface area contributed by atoms with Crippen molar-refractivity contribution in [3.05, 3.63) is 30.1 Å². The summed E-state index contributed by atoms with van der Waals surface area (Å²) in [7, 11) is -1.42. The minimum atomic E-state index is -3.13. The largest absolute Gasteiger partial charge is 0.341 e. The summed E-state index contributed by atoms with van der Waals surface area (Å²) < 4.78 is 23.9. The molecule has 0 spiro atoms. The molecule has 0 aliphatic heterocycles. The van der Waals surface area contributed by atoms with Crippen LogP contribution in [0, 0.1) is 0 Å². The molecule has 0 bridgehead atoms. The minimum Gasteiger partial charge on any atom is -0.341 e. The first-order valence-corrected chi connectivity index (χ1v) is 9.18. The average molecular weight is 310 g/mol. The molecule has 1 aromatic heterocycles. The molecule has 116 valence electrons. The fourth-order valence-electron chi connectivity index (χ4n) is 3.01. The predicted octanol–water partition coefficient (Wildman–Crippen LogP) is 1.44. The zero-order chi connectivity index (χ0) is 15.5. The molecule has 1 heterocycles. The molecule has 5 nitrogen and oxygen atoms in total. The first-order valence-electron chi connectivity index (χ1n) is 7.23. The lowest BCUT2D eigenvalue weighted by molar-refractivity contribution is -0.131. The van der Waals surface area contributed by atoms with Crippen LogP contribution in [0.2, 0.25) is 0 Å². The summed E-state index contributed by atoms with van der Waals surface area (Å²) >= 11 is 0. The number of nitrogens with zero attached hydrogens (tertiary/aromatic N) is 2. The van der Waals surface area contributed by atoms with Crippen molar-refractivity contribution in [2.75, 3.05) is 13.3 Å². The third-order valence-corrected chi connectivity index (χ3v) is 5.84. The number of amides is 1. The lowest BCUT2D eigenvalue weighted by Crippen LogP contribution is -2.49. The van der Waals surface area contributed by atoms with E-state index >= 15 is 0 Å². The Kier molecular flexibility index (Phi) is 4.98. The smallest absolute Gasteiger partial charge is 0.227 e. The van der Waals surface area contributed by atoms with E-state index in [0.29, 0.717) is 6.42 Å². The van der Waals surface area contributed by atoms with Crippen molar-refractivity contribution in [3.8, 4) is 0 Å². The zero-order valence-corrected chi connectivity index (χ0v) is 13.3. The number of pyridine rings is 1. The number of rotatable bonds is 4. The predicted molar refractivity (Wildman–Crippen MR) is 81.6 cm³/mol. The molecule has 6 heteroatoms. The third kappa shape index (κ3) is 4.03. The van der Waals surface area contributed by atoms with E-state index in [4.69, 9.17) is 0 Å². The molecular formula is C15H22N2O3S. The topological polar surface area (TPSA) is 67.3 Å². The molecule has 0 saturated heterocycles. The Morgan fingerprint density at radius 3 is 2.71 bits per heavy atom. The highest BCUT2D eigenvalue weighted by molar-refractivity contribution is 7.91. The van der Waals surface area contributed by atoms with Crippen molar-refractivity contribution in [1.82, 2.24) is 9.88 Å². The number of hydrogen-bond acceptors (Lipinski definition) is 4. The lowest BCUT2D eigenvalue weighted by Gasteiger charge is -2.37. The summed E-state index contributed by atoms with van der Waals surface area (Å²) in [5.41, 5.74) is 0.848.